The van der Waals surface area contributed by atoms with Gasteiger partial charge in [-0.2, -0.15) is 0 Å². The molecule has 0 bridgehead atoms. The van der Waals surface area contributed by atoms with Gasteiger partial charge in [-0.05, 0) is 36.5 Å². The van der Waals surface area contributed by atoms with Crippen molar-refractivity contribution in [3.05, 3.63) is 54.1 Å². The molecule has 1 aliphatic heterocycles. The maximum absolute atomic E-state index is 12.5. The minimum absolute atomic E-state index is 0.138. The maximum atomic E-state index is 12.5. The van der Waals surface area contributed by atoms with Crippen molar-refractivity contribution in [1.82, 2.24) is 9.88 Å². The minimum atomic E-state index is -0.472. The lowest BCUT2D eigenvalue weighted by Crippen LogP contribution is -2.42. The first-order chi connectivity index (χ1) is 12.5. The normalized spacial score (nSPS) is 16.2. The first-order valence-corrected chi connectivity index (χ1v) is 8.98. The number of carbonyl (C=O) groups excluding carboxylic acids is 1. The van der Waals surface area contributed by atoms with E-state index in [1.165, 1.54) is 0 Å². The van der Waals surface area contributed by atoms with Crippen molar-refractivity contribution in [1.29, 1.82) is 0 Å². The highest BCUT2D eigenvalue weighted by Crippen LogP contribution is 2.30. The highest BCUT2D eigenvalue weighted by Gasteiger charge is 2.28. The van der Waals surface area contributed by atoms with Crippen molar-refractivity contribution < 1.29 is 9.90 Å². The summed E-state index contributed by atoms with van der Waals surface area (Å²) in [5.74, 6) is 1.52. The number of rotatable bonds is 4. The van der Waals surface area contributed by atoms with E-state index in [-0.39, 0.29) is 11.9 Å². The fraction of sp³-hybridized carbons (Fsp3) is 0.400. The molecule has 0 spiro atoms. The van der Waals surface area contributed by atoms with E-state index >= 15 is 0 Å². The molecule has 0 saturated carbocycles. The summed E-state index contributed by atoms with van der Waals surface area (Å²) in [6, 6.07) is 15.2. The van der Waals surface area contributed by atoms with Crippen LogP contribution >= 0.6 is 0 Å². The predicted octanol–water partition coefficient (Wildman–Crippen LogP) is 3.13. The Labute approximate surface area is 154 Å². The van der Waals surface area contributed by atoms with Crippen molar-refractivity contribution in [3.63, 3.8) is 0 Å². The predicted molar refractivity (Wildman–Crippen MR) is 103 cm³/mol. The number of likely N-dealkylation sites (tertiary alicyclic amines) is 1. The average molecular weight is 354 g/mol. The molecule has 2 heterocycles. The maximum Gasteiger partial charge on any atom is 0.323 e. The molecule has 1 aromatic heterocycles. The van der Waals surface area contributed by atoms with Crippen LogP contribution in [0.5, 0.6) is 0 Å². The SMILES string of the molecule is CN(C)c1cccc(NC(=O)N2CCC(C(O)c3ccccc3)CC2)n1. The van der Waals surface area contributed by atoms with E-state index in [0.29, 0.717) is 18.9 Å². The van der Waals surface area contributed by atoms with Crippen molar-refractivity contribution >= 4 is 17.7 Å². The molecule has 1 fully saturated rings. The molecular formula is C20H26N4O2. The minimum Gasteiger partial charge on any atom is -0.388 e. The van der Waals surface area contributed by atoms with Crippen molar-refractivity contribution in [2.24, 2.45) is 5.92 Å². The monoisotopic (exact) mass is 354 g/mol. The molecule has 1 atom stereocenters. The van der Waals surface area contributed by atoms with Crippen LogP contribution in [0.25, 0.3) is 0 Å². The molecule has 1 aromatic carbocycles. The fourth-order valence-corrected chi connectivity index (χ4v) is 3.27. The quantitative estimate of drug-likeness (QED) is 0.885. The Hall–Kier alpha value is -2.60. The Morgan fingerprint density at radius 3 is 2.50 bits per heavy atom. The highest BCUT2D eigenvalue weighted by molar-refractivity contribution is 5.88. The second kappa shape index (κ2) is 8.19. The molecule has 6 nitrogen and oxygen atoms in total. The number of nitrogens with zero attached hydrogens (tertiary/aromatic N) is 3. The molecule has 0 aliphatic carbocycles. The number of pyridine rings is 1. The summed E-state index contributed by atoms with van der Waals surface area (Å²) >= 11 is 0. The van der Waals surface area contributed by atoms with Gasteiger partial charge >= 0.3 is 6.03 Å². The van der Waals surface area contributed by atoms with Crippen LogP contribution in [-0.2, 0) is 0 Å². The zero-order valence-corrected chi connectivity index (χ0v) is 15.3. The van der Waals surface area contributed by atoms with Crippen molar-refractivity contribution in [2.75, 3.05) is 37.4 Å². The smallest absolute Gasteiger partial charge is 0.323 e. The zero-order chi connectivity index (χ0) is 18.5. The van der Waals surface area contributed by atoms with Gasteiger partial charge in [0.25, 0.3) is 0 Å². The summed E-state index contributed by atoms with van der Waals surface area (Å²) in [5, 5.41) is 13.4. The summed E-state index contributed by atoms with van der Waals surface area (Å²) in [5.41, 5.74) is 0.945. The molecule has 1 aliphatic rings. The number of hydrogen-bond donors (Lipinski definition) is 2. The molecular weight excluding hydrogens is 328 g/mol. The molecule has 2 aromatic rings. The lowest BCUT2D eigenvalue weighted by Gasteiger charge is -2.34. The van der Waals surface area contributed by atoms with Crippen LogP contribution in [0.2, 0.25) is 0 Å². The van der Waals surface area contributed by atoms with Gasteiger partial charge in [-0.15, -0.1) is 0 Å². The lowest BCUT2D eigenvalue weighted by atomic mass is 9.87. The first-order valence-electron chi connectivity index (χ1n) is 8.98. The highest BCUT2D eigenvalue weighted by atomic mass is 16.3. The number of aliphatic hydroxyl groups is 1. The summed E-state index contributed by atoms with van der Waals surface area (Å²) in [6.07, 6.45) is 1.10. The van der Waals surface area contributed by atoms with Gasteiger partial charge in [0.2, 0.25) is 0 Å². The standard InChI is InChI=1S/C20H26N4O2/c1-23(2)18-10-6-9-17(21-18)22-20(26)24-13-11-16(12-14-24)19(25)15-7-4-3-5-8-15/h3-10,16,19,25H,11-14H2,1-2H3,(H,21,22,26). The lowest BCUT2D eigenvalue weighted by molar-refractivity contribution is 0.0683. The molecule has 2 amide bonds. The summed E-state index contributed by atoms with van der Waals surface area (Å²) < 4.78 is 0. The van der Waals surface area contributed by atoms with Gasteiger partial charge in [-0.1, -0.05) is 36.4 Å². The van der Waals surface area contributed by atoms with Crippen molar-refractivity contribution in [2.45, 2.75) is 18.9 Å². The third-order valence-electron chi connectivity index (χ3n) is 4.84. The Morgan fingerprint density at radius 1 is 1.15 bits per heavy atom. The topological polar surface area (TPSA) is 68.7 Å². The summed E-state index contributed by atoms with van der Waals surface area (Å²) in [4.78, 5) is 20.6. The van der Waals surface area contributed by atoms with Gasteiger partial charge in [0.05, 0.1) is 6.10 Å². The van der Waals surface area contributed by atoms with Gasteiger partial charge in [0, 0.05) is 27.2 Å². The van der Waals surface area contributed by atoms with Gasteiger partial charge in [-0.3, -0.25) is 5.32 Å². The molecule has 3 rings (SSSR count). The molecule has 138 valence electrons. The first kappa shape index (κ1) is 18.2. The summed E-state index contributed by atoms with van der Waals surface area (Å²) in [7, 11) is 3.83. The number of aromatic nitrogens is 1. The summed E-state index contributed by atoms with van der Waals surface area (Å²) in [6.45, 7) is 1.27. The van der Waals surface area contributed by atoms with Crippen LogP contribution < -0.4 is 10.2 Å². The van der Waals surface area contributed by atoms with E-state index in [0.717, 1.165) is 24.2 Å². The van der Waals surface area contributed by atoms with Crippen LogP contribution in [0, 0.1) is 5.92 Å². The number of benzene rings is 1. The zero-order valence-electron chi connectivity index (χ0n) is 15.3. The number of urea groups is 1. The Balaban J connectivity index is 1.54. The third-order valence-corrected chi connectivity index (χ3v) is 4.84. The van der Waals surface area contributed by atoms with Gasteiger partial charge in [0.15, 0.2) is 0 Å². The van der Waals surface area contributed by atoms with E-state index in [1.807, 2.05) is 61.5 Å². The van der Waals surface area contributed by atoms with Crippen LogP contribution in [0.4, 0.5) is 16.4 Å². The number of anilines is 2. The van der Waals surface area contributed by atoms with Gasteiger partial charge in [0.1, 0.15) is 11.6 Å². The number of nitrogens with one attached hydrogen (secondary N) is 1. The molecule has 2 N–H and O–H groups in total. The van der Waals surface area contributed by atoms with E-state index in [2.05, 4.69) is 10.3 Å². The Morgan fingerprint density at radius 2 is 1.85 bits per heavy atom. The number of carbonyl (C=O) groups is 1. The third kappa shape index (κ3) is 4.32. The number of hydrogen-bond acceptors (Lipinski definition) is 4. The van der Waals surface area contributed by atoms with E-state index in [4.69, 9.17) is 0 Å². The Kier molecular flexibility index (Phi) is 5.73. The largest absolute Gasteiger partial charge is 0.388 e. The van der Waals surface area contributed by atoms with Crippen molar-refractivity contribution in [3.8, 4) is 0 Å². The Bertz CT molecular complexity index is 728. The van der Waals surface area contributed by atoms with Crippen LogP contribution in [-0.4, -0.2) is 48.2 Å². The van der Waals surface area contributed by atoms with Gasteiger partial charge < -0.3 is 14.9 Å². The van der Waals surface area contributed by atoms with E-state index in [1.54, 1.807) is 11.0 Å². The molecule has 1 saturated heterocycles. The molecule has 1 unspecified atom stereocenters. The average Bonchev–Trinajstić information content (AvgIpc) is 2.68. The number of piperidine rings is 1. The van der Waals surface area contributed by atoms with Crippen LogP contribution in [0.3, 0.4) is 0 Å². The van der Waals surface area contributed by atoms with Gasteiger partial charge in [-0.25, -0.2) is 9.78 Å². The second-order valence-electron chi connectivity index (χ2n) is 6.89. The van der Waals surface area contributed by atoms with Crippen LogP contribution in [0.1, 0.15) is 24.5 Å². The van der Waals surface area contributed by atoms with E-state index < -0.39 is 6.10 Å². The second-order valence-corrected chi connectivity index (χ2v) is 6.89. The van der Waals surface area contributed by atoms with E-state index in [9.17, 15) is 9.90 Å². The van der Waals surface area contributed by atoms with Crippen LogP contribution in [0.15, 0.2) is 48.5 Å². The molecule has 6 heteroatoms. The molecule has 0 radical (unpaired) electrons. The fourth-order valence-electron chi connectivity index (χ4n) is 3.27. The number of aliphatic hydroxyl groups excluding tert-OH is 1. The molecule has 26 heavy (non-hydrogen) atoms. The number of amides is 2.